The molecular formula is C26H23N5O2S. The fourth-order valence-corrected chi connectivity index (χ4v) is 3.90. The average molecular weight is 470 g/mol. The molecule has 1 aromatic heterocycles. The molecule has 170 valence electrons. The van der Waals surface area contributed by atoms with Crippen molar-refractivity contribution >= 4 is 57.4 Å². The molecule has 0 aliphatic rings. The van der Waals surface area contributed by atoms with Crippen LogP contribution in [0.5, 0.6) is 0 Å². The number of benzene rings is 3. The second-order valence-corrected chi connectivity index (χ2v) is 8.37. The lowest BCUT2D eigenvalue weighted by Gasteiger charge is -2.12. The number of carbonyl (C=O) groups is 2. The molecular weight excluding hydrogens is 446 g/mol. The van der Waals surface area contributed by atoms with Crippen LogP contribution in [0.2, 0.25) is 0 Å². The molecule has 3 N–H and O–H groups in total. The molecule has 1 heterocycles. The topological polar surface area (TPSA) is 96.0 Å². The smallest absolute Gasteiger partial charge is 0.247 e. The number of nitrogens with zero attached hydrogens (tertiary/aromatic N) is 2. The Labute approximate surface area is 201 Å². The van der Waals surface area contributed by atoms with Crippen molar-refractivity contribution in [1.29, 1.82) is 0 Å². The Morgan fingerprint density at radius 3 is 2.47 bits per heavy atom. The Bertz CT molecular complexity index is 1370. The Balaban J connectivity index is 1.48. The van der Waals surface area contributed by atoms with E-state index in [-0.39, 0.29) is 17.6 Å². The minimum atomic E-state index is -0.317. The highest BCUT2D eigenvalue weighted by molar-refractivity contribution is 7.99. The molecule has 3 aromatic carbocycles. The molecule has 4 aromatic rings. The van der Waals surface area contributed by atoms with Gasteiger partial charge in [0.1, 0.15) is 5.82 Å². The van der Waals surface area contributed by atoms with Gasteiger partial charge in [-0.2, -0.15) is 0 Å². The zero-order valence-electron chi connectivity index (χ0n) is 18.5. The first-order valence-corrected chi connectivity index (χ1v) is 11.6. The van der Waals surface area contributed by atoms with Crippen molar-refractivity contribution in [2.24, 2.45) is 0 Å². The van der Waals surface area contributed by atoms with E-state index in [0.29, 0.717) is 22.3 Å². The summed E-state index contributed by atoms with van der Waals surface area (Å²) in [6.07, 6.45) is 1.19. The predicted octanol–water partition coefficient (Wildman–Crippen LogP) is 5.54. The van der Waals surface area contributed by atoms with Gasteiger partial charge in [-0.1, -0.05) is 54.7 Å². The van der Waals surface area contributed by atoms with Crippen LogP contribution in [0.1, 0.15) is 5.56 Å². The maximum absolute atomic E-state index is 12.6. The van der Waals surface area contributed by atoms with Crippen molar-refractivity contribution in [2.45, 2.75) is 12.1 Å². The van der Waals surface area contributed by atoms with Gasteiger partial charge < -0.3 is 16.0 Å². The largest absolute Gasteiger partial charge is 0.339 e. The van der Waals surface area contributed by atoms with Crippen LogP contribution in [0.4, 0.5) is 22.9 Å². The van der Waals surface area contributed by atoms with E-state index in [1.54, 1.807) is 24.3 Å². The molecule has 0 bridgehead atoms. The number of hydrogen-bond acceptors (Lipinski definition) is 6. The van der Waals surface area contributed by atoms with Crippen molar-refractivity contribution in [1.82, 2.24) is 9.97 Å². The SMILES string of the molecule is C=CC(=O)Nc1cccc(NC(=O)CSc2nc(Nc3ccccc3C)c3ccccc3n2)c1. The summed E-state index contributed by atoms with van der Waals surface area (Å²) >= 11 is 1.25. The third-order valence-corrected chi connectivity index (χ3v) is 5.76. The Morgan fingerprint density at radius 2 is 1.68 bits per heavy atom. The van der Waals surface area contributed by atoms with Crippen LogP contribution in [0.3, 0.4) is 0 Å². The summed E-state index contributed by atoms with van der Waals surface area (Å²) in [6.45, 7) is 5.46. The van der Waals surface area contributed by atoms with Gasteiger partial charge in [0.15, 0.2) is 5.16 Å². The van der Waals surface area contributed by atoms with Crippen molar-refractivity contribution in [3.63, 3.8) is 0 Å². The molecule has 4 rings (SSSR count). The normalized spacial score (nSPS) is 10.5. The van der Waals surface area contributed by atoms with Gasteiger partial charge in [0, 0.05) is 22.4 Å². The molecule has 34 heavy (non-hydrogen) atoms. The van der Waals surface area contributed by atoms with Crippen molar-refractivity contribution in [3.8, 4) is 0 Å². The third kappa shape index (κ3) is 5.79. The molecule has 0 aliphatic carbocycles. The van der Waals surface area contributed by atoms with Crippen LogP contribution >= 0.6 is 11.8 Å². The second kappa shape index (κ2) is 10.6. The zero-order valence-corrected chi connectivity index (χ0v) is 19.4. The summed E-state index contributed by atoms with van der Waals surface area (Å²) in [4.78, 5) is 33.3. The van der Waals surface area contributed by atoms with Gasteiger partial charge in [0.2, 0.25) is 11.8 Å². The van der Waals surface area contributed by atoms with Gasteiger partial charge in [-0.05, 0) is 55.0 Å². The minimum absolute atomic E-state index is 0.130. The monoisotopic (exact) mass is 469 g/mol. The molecule has 0 radical (unpaired) electrons. The average Bonchev–Trinajstić information content (AvgIpc) is 2.84. The first-order chi connectivity index (χ1) is 16.5. The molecule has 0 atom stereocenters. The van der Waals surface area contributed by atoms with Crippen LogP contribution in [-0.4, -0.2) is 27.5 Å². The van der Waals surface area contributed by atoms with Gasteiger partial charge in [-0.15, -0.1) is 0 Å². The summed E-state index contributed by atoms with van der Waals surface area (Å²) in [5, 5.41) is 10.3. The molecule has 8 heteroatoms. The highest BCUT2D eigenvalue weighted by atomic mass is 32.2. The predicted molar refractivity (Wildman–Crippen MR) is 139 cm³/mol. The van der Waals surface area contributed by atoms with Gasteiger partial charge in [0.25, 0.3) is 0 Å². The van der Waals surface area contributed by atoms with Gasteiger partial charge in [0.05, 0.1) is 11.3 Å². The highest BCUT2D eigenvalue weighted by Gasteiger charge is 2.12. The Kier molecular flexibility index (Phi) is 7.19. The van der Waals surface area contributed by atoms with Gasteiger partial charge >= 0.3 is 0 Å². The number of carbonyl (C=O) groups excluding carboxylic acids is 2. The first-order valence-electron chi connectivity index (χ1n) is 10.6. The lowest BCUT2D eigenvalue weighted by Crippen LogP contribution is -2.15. The molecule has 0 spiro atoms. The standard InChI is InChI=1S/C26H23N5O2S/c1-3-23(32)27-18-10-8-11-19(15-18)28-24(33)16-34-26-30-22-14-7-5-12-20(22)25(31-26)29-21-13-6-4-9-17(21)2/h3-15H,1,16H2,2H3,(H,27,32)(H,28,33)(H,29,30,31). The number of nitrogens with one attached hydrogen (secondary N) is 3. The van der Waals surface area contributed by atoms with Crippen LogP contribution in [-0.2, 0) is 9.59 Å². The maximum atomic E-state index is 12.6. The van der Waals surface area contributed by atoms with E-state index in [0.717, 1.165) is 22.2 Å². The van der Waals surface area contributed by atoms with Crippen LogP contribution in [0.15, 0.2) is 90.6 Å². The third-order valence-electron chi connectivity index (χ3n) is 4.91. The Morgan fingerprint density at radius 1 is 0.941 bits per heavy atom. The Hall–Kier alpha value is -4.17. The van der Waals surface area contributed by atoms with Crippen molar-refractivity contribution in [2.75, 3.05) is 21.7 Å². The molecule has 0 saturated carbocycles. The number of aryl methyl sites for hydroxylation is 1. The molecule has 0 unspecified atom stereocenters. The number of hydrogen-bond donors (Lipinski definition) is 3. The number of thioether (sulfide) groups is 1. The quantitative estimate of drug-likeness (QED) is 0.178. The van der Waals surface area contributed by atoms with E-state index in [1.165, 1.54) is 17.8 Å². The fourth-order valence-electron chi connectivity index (χ4n) is 3.25. The number of aromatic nitrogens is 2. The molecule has 0 aliphatic heterocycles. The van der Waals surface area contributed by atoms with Crippen molar-refractivity contribution in [3.05, 3.63) is 91.0 Å². The van der Waals surface area contributed by atoms with Gasteiger partial charge in [-0.25, -0.2) is 9.97 Å². The summed E-state index contributed by atoms with van der Waals surface area (Å²) in [5.41, 5.74) is 4.00. The summed E-state index contributed by atoms with van der Waals surface area (Å²) in [5.74, 6) is 0.296. The molecule has 2 amide bonds. The molecule has 0 fully saturated rings. The highest BCUT2D eigenvalue weighted by Crippen LogP contribution is 2.28. The lowest BCUT2D eigenvalue weighted by atomic mass is 10.2. The fraction of sp³-hybridized carbons (Fsp3) is 0.0769. The maximum Gasteiger partial charge on any atom is 0.247 e. The summed E-state index contributed by atoms with van der Waals surface area (Å²) in [7, 11) is 0. The van der Waals surface area contributed by atoms with E-state index in [9.17, 15) is 9.59 Å². The van der Waals surface area contributed by atoms with E-state index < -0.39 is 0 Å². The van der Waals surface area contributed by atoms with E-state index >= 15 is 0 Å². The number of anilines is 4. The van der Waals surface area contributed by atoms with Crippen LogP contribution in [0.25, 0.3) is 10.9 Å². The van der Waals surface area contributed by atoms with E-state index in [2.05, 4.69) is 32.5 Å². The van der Waals surface area contributed by atoms with Crippen LogP contribution in [0, 0.1) is 6.92 Å². The molecule has 0 saturated heterocycles. The van der Waals surface area contributed by atoms with E-state index in [4.69, 9.17) is 0 Å². The zero-order chi connectivity index (χ0) is 23.9. The first kappa shape index (κ1) is 23.0. The number of fused-ring (bicyclic) bond motifs is 1. The lowest BCUT2D eigenvalue weighted by molar-refractivity contribution is -0.114. The minimum Gasteiger partial charge on any atom is -0.339 e. The molecule has 7 nitrogen and oxygen atoms in total. The summed E-state index contributed by atoms with van der Waals surface area (Å²) in [6, 6.07) is 22.7. The van der Waals surface area contributed by atoms with Crippen LogP contribution < -0.4 is 16.0 Å². The summed E-state index contributed by atoms with van der Waals surface area (Å²) < 4.78 is 0. The number of para-hydroxylation sites is 2. The number of rotatable bonds is 8. The van der Waals surface area contributed by atoms with Gasteiger partial charge in [-0.3, -0.25) is 9.59 Å². The number of amides is 2. The van der Waals surface area contributed by atoms with E-state index in [1.807, 2.05) is 55.5 Å². The second-order valence-electron chi connectivity index (χ2n) is 7.42. The van der Waals surface area contributed by atoms with Crippen molar-refractivity contribution < 1.29 is 9.59 Å².